The van der Waals surface area contributed by atoms with E-state index in [2.05, 4.69) is 50.3 Å². The first-order valence-corrected chi connectivity index (χ1v) is 48.4. The van der Waals surface area contributed by atoms with Gasteiger partial charge in [0.15, 0.2) is 6.10 Å². The summed E-state index contributed by atoms with van der Waals surface area (Å²) in [4.78, 5) is 148. The lowest BCUT2D eigenvalue weighted by atomic mass is 9.88. The van der Waals surface area contributed by atoms with Gasteiger partial charge >= 0.3 is 59.5 Å². The van der Waals surface area contributed by atoms with Crippen molar-refractivity contribution in [2.24, 2.45) is 41.2 Å². The third-order valence-electron chi connectivity index (χ3n) is 24.4. The average Bonchev–Trinajstić information content (AvgIpc) is 1.66. The maximum atomic E-state index is 12.4. The summed E-state index contributed by atoms with van der Waals surface area (Å²) in [6.07, 6.45) is 15.0. The van der Waals surface area contributed by atoms with Crippen LogP contribution in [0.1, 0.15) is 209 Å². The Morgan fingerprint density at radius 1 is 0.372 bits per heavy atom. The van der Waals surface area contributed by atoms with Crippen molar-refractivity contribution < 1.29 is 123 Å². The van der Waals surface area contributed by atoms with Gasteiger partial charge in [-0.1, -0.05) is 259 Å². The fourth-order valence-corrected chi connectivity index (χ4v) is 17.1. The summed E-state index contributed by atoms with van der Waals surface area (Å²) in [5, 5.41) is 29.7. The van der Waals surface area contributed by atoms with E-state index in [1.807, 2.05) is 231 Å². The van der Waals surface area contributed by atoms with Gasteiger partial charge in [0, 0.05) is 50.7 Å². The van der Waals surface area contributed by atoms with E-state index in [1.54, 1.807) is 30.3 Å². The van der Waals surface area contributed by atoms with Crippen LogP contribution in [0, 0.1) is 35.5 Å². The lowest BCUT2D eigenvalue weighted by molar-refractivity contribution is -0.152. The molecule has 145 heavy (non-hydrogen) atoms. The first-order valence-electron chi connectivity index (χ1n) is 47.5. The number of aryl methyl sites for hydroxylation is 5. The van der Waals surface area contributed by atoms with Gasteiger partial charge < -0.3 is 76.3 Å². The molecule has 0 radical (unpaired) electrons. The highest BCUT2D eigenvalue weighted by atomic mass is 79.9. The number of amides is 1. The number of aliphatic hydroxyl groups excluding tert-OH is 2. The molecule has 32 nitrogen and oxygen atoms in total. The van der Waals surface area contributed by atoms with Crippen LogP contribution in [0.15, 0.2) is 271 Å². The molecule has 13 aromatic rings. The van der Waals surface area contributed by atoms with Gasteiger partial charge in [0.05, 0.1) is 83.0 Å². The number of aromatic nitrogens is 5. The minimum absolute atomic E-state index is 0.0594. The summed E-state index contributed by atoms with van der Waals surface area (Å²) in [5.74, 6) is -1.38. The van der Waals surface area contributed by atoms with Crippen LogP contribution >= 0.6 is 15.9 Å². The van der Waals surface area contributed by atoms with Gasteiger partial charge in [-0.05, 0) is 134 Å². The molecule has 33 heteroatoms. The lowest BCUT2D eigenvalue weighted by Crippen LogP contribution is -2.30. The summed E-state index contributed by atoms with van der Waals surface area (Å²) in [6.45, 7) is 1.39. The SMILES string of the molecule is COC(=O)c1nc2c(o1)CC(C(=O)O)CC2.COC(=O)c1nc2c(o1)CC(C(=O)OCc1ccccc1)CC2.NC(=O)/C=C/c1ccccc1.O=C(OCc1ccccc1)C1CCc2nc(/C=C/c3ccccc3)oc2C1.O=C(OCc1ccccc1)C1CCc2nc(C(O)C(O)c3ccccc3)oc2C1.O=C1CCC(C(=O)OCc2ccccc2)CC1Br.O=Cc1nc2c(o1)CC(C(=O)OCc1ccccc1)CC2. The molecule has 5 heterocycles. The summed E-state index contributed by atoms with van der Waals surface area (Å²) >= 11 is 3.30. The highest BCUT2D eigenvalue weighted by Gasteiger charge is 2.38. The Morgan fingerprint density at radius 2 is 0.676 bits per heavy atom. The van der Waals surface area contributed by atoms with Gasteiger partial charge in [0.25, 0.3) is 5.89 Å². The van der Waals surface area contributed by atoms with Crippen LogP contribution in [0.4, 0.5) is 0 Å². The Balaban J connectivity index is 0.000000144. The number of hydrogen-bond donors (Lipinski definition) is 4. The van der Waals surface area contributed by atoms with Crippen molar-refractivity contribution >= 4 is 99.9 Å². The number of oxazole rings is 5. The number of aliphatic carboxylic acids is 1. The van der Waals surface area contributed by atoms with Crippen molar-refractivity contribution in [3.63, 3.8) is 0 Å². The number of nitrogens with zero attached hydrogens (tertiary/aromatic N) is 5. The van der Waals surface area contributed by atoms with Crippen LogP contribution in [-0.4, -0.2) is 125 Å². The number of ether oxygens (including phenoxy) is 7. The molecule has 9 unspecified atom stereocenters. The highest BCUT2D eigenvalue weighted by Crippen LogP contribution is 2.37. The molecule has 1 fully saturated rings. The molecule has 19 rings (SSSR count). The van der Waals surface area contributed by atoms with E-state index in [1.165, 1.54) is 20.3 Å². The predicted octanol–water partition coefficient (Wildman–Crippen LogP) is 17.3. The van der Waals surface area contributed by atoms with E-state index >= 15 is 0 Å². The van der Waals surface area contributed by atoms with E-state index < -0.39 is 41.9 Å². The number of fused-ring (bicyclic) bond motifs is 5. The molecule has 8 aromatic carbocycles. The quantitative estimate of drug-likeness (QED) is 0.0129. The number of alkyl halides is 1. The van der Waals surface area contributed by atoms with E-state index in [-0.39, 0.29) is 120 Å². The second-order valence-electron chi connectivity index (χ2n) is 34.7. The number of primary amides is 1. The van der Waals surface area contributed by atoms with Gasteiger partial charge in [-0.15, -0.1) is 0 Å². The molecule has 6 aliphatic rings. The van der Waals surface area contributed by atoms with Gasteiger partial charge in [0.1, 0.15) is 73.7 Å². The molecule has 1 saturated carbocycles. The standard InChI is InChI=1S/C23H23NO5.C23H21NO3.C17H17NO5.C16H15NO4.C14H15BrO3.C10H11NO5.C9H9NO/c25-20(16-9-5-2-6-10-16)21(26)22-24-18-12-11-17(13-19(18)29-22)23(27)28-14-15-7-3-1-4-8-15;25-23(26-16-18-9-5-2-6-10-18)19-12-13-20-21(15-19)27-22(24-20)14-11-17-7-3-1-4-8-17;1-21-17(20)15-18-13-8-7-12(9-14(13)23-15)16(19)22-10-11-5-3-2-4-6-11;18-9-15-17-13-7-6-12(8-14(13)21-15)16(19)20-10-11-4-2-1-3-5-11;15-12-8-11(6-7-13(12)16)14(17)18-9-10-4-2-1-3-5-10;1-15-10(14)8-11-6-3-2-5(9(12)13)4-7(6)16-8;10-9(11)7-6-8-4-2-1-3-5-8/h1-10,17,20-21,25-26H,11-14H2;1-11,14,19H,12-13,15-16H2;2-6,12H,7-10H2,1H3;1-5,9,12H,6-8,10H2;1-5,11-12H,6-9H2;5H,2-4H2,1H3,(H,12,13);1-7H,(H2,10,11)/b;14-11+;;;;;7-6+. The normalized spacial score (nSPS) is 17.5. The Hall–Kier alpha value is -15.7. The minimum Gasteiger partial charge on any atom is -0.481 e. The first kappa shape index (κ1) is 107. The fourth-order valence-electron chi connectivity index (χ4n) is 16.4. The van der Waals surface area contributed by atoms with Crippen molar-refractivity contribution in [1.82, 2.24) is 24.9 Å². The third-order valence-corrected chi connectivity index (χ3v) is 25.3. The smallest absolute Gasteiger partial charge is 0.394 e. The number of benzene rings is 8. The molecule has 1 amide bonds. The Kier molecular flexibility index (Phi) is 40.0. The van der Waals surface area contributed by atoms with Gasteiger partial charge in [-0.3, -0.25) is 43.2 Å². The Morgan fingerprint density at radius 3 is 1.03 bits per heavy atom. The molecule has 9 atom stereocenters. The number of halogens is 1. The summed E-state index contributed by atoms with van der Waals surface area (Å²) in [5.41, 5.74) is 16.2. The zero-order chi connectivity index (χ0) is 102. The Labute approximate surface area is 844 Å². The monoisotopic (exact) mass is 2030 g/mol. The number of ketones is 1. The topological polar surface area (TPSA) is 469 Å². The largest absolute Gasteiger partial charge is 0.481 e. The minimum atomic E-state index is -1.27. The van der Waals surface area contributed by atoms with Crippen molar-refractivity contribution in [2.45, 2.75) is 166 Å². The molecule has 5 aromatic heterocycles. The van der Waals surface area contributed by atoms with Crippen molar-refractivity contribution in [1.29, 1.82) is 0 Å². The van der Waals surface area contributed by atoms with Gasteiger partial charge in [-0.2, -0.15) is 0 Å². The number of esters is 7. The van der Waals surface area contributed by atoms with E-state index in [0.717, 1.165) is 80.3 Å². The molecule has 6 aliphatic carbocycles. The molecule has 0 saturated heterocycles. The maximum Gasteiger partial charge on any atom is 0.394 e. The number of Topliss-reactive ketones (excluding diaryl/α,β-unsaturated/α-hetero) is 1. The number of carbonyl (C=O) groups is 11. The molecular weight excluding hydrogens is 1930 g/mol. The van der Waals surface area contributed by atoms with E-state index in [4.69, 9.17) is 56.6 Å². The second-order valence-corrected chi connectivity index (χ2v) is 35.8. The van der Waals surface area contributed by atoms with Crippen LogP contribution < -0.4 is 5.73 Å². The number of nitrogens with two attached hydrogens (primary N) is 1. The highest BCUT2D eigenvalue weighted by molar-refractivity contribution is 9.10. The zero-order valence-corrected chi connectivity index (χ0v) is 81.4. The lowest BCUT2D eigenvalue weighted by Gasteiger charge is -2.23. The number of carbonyl (C=O) groups excluding carboxylic acids is 10. The zero-order valence-electron chi connectivity index (χ0n) is 79.9. The van der Waals surface area contributed by atoms with Crippen molar-refractivity contribution in [3.05, 3.63) is 380 Å². The van der Waals surface area contributed by atoms with Crippen molar-refractivity contribution in [3.8, 4) is 0 Å². The predicted molar refractivity (Wildman–Crippen MR) is 528 cm³/mol. The van der Waals surface area contributed by atoms with E-state index in [9.17, 15) is 63.0 Å². The third kappa shape index (κ3) is 32.4. The van der Waals surface area contributed by atoms with Crippen molar-refractivity contribution in [2.75, 3.05) is 14.2 Å². The maximum absolute atomic E-state index is 12.4. The molecule has 0 aliphatic heterocycles. The molecule has 0 bridgehead atoms. The number of aliphatic hydroxyl groups is 2. The number of aldehydes is 1. The number of methoxy groups -OCH3 is 2. The van der Waals surface area contributed by atoms with Gasteiger partial charge in [-0.25, -0.2) is 34.5 Å². The second kappa shape index (κ2) is 54.5. The number of carboxylic acid groups (broad SMARTS) is 1. The summed E-state index contributed by atoms with van der Waals surface area (Å²) in [6, 6.07) is 76.4. The van der Waals surface area contributed by atoms with Crippen LogP contribution in [0.25, 0.3) is 18.2 Å². The van der Waals surface area contributed by atoms with Crippen LogP contribution in [0.2, 0.25) is 0 Å². The Bertz CT molecular complexity index is 6510. The molecular formula is C112H111BrN6O26. The molecule has 5 N–H and O–H groups in total. The van der Waals surface area contributed by atoms with Crippen LogP contribution in [0.3, 0.4) is 0 Å². The van der Waals surface area contributed by atoms with Gasteiger partial charge in [0.2, 0.25) is 24.0 Å². The van der Waals surface area contributed by atoms with E-state index in [0.29, 0.717) is 156 Å². The van der Waals surface area contributed by atoms with Crippen LogP contribution in [0.5, 0.6) is 0 Å². The average molecular weight is 2040 g/mol. The summed E-state index contributed by atoms with van der Waals surface area (Å²) in [7, 11) is 2.51. The number of carboxylic acids is 1. The first-order chi connectivity index (χ1) is 70.4. The summed E-state index contributed by atoms with van der Waals surface area (Å²) < 4.78 is 63.5. The number of hydrogen-bond acceptors (Lipinski definition) is 30. The number of rotatable bonds is 26. The van der Waals surface area contributed by atoms with Crippen LogP contribution in [-0.2, 0) is 169 Å². The fraction of sp³-hybridized carbons (Fsp3) is 0.304. The molecule has 752 valence electrons. The molecule has 0 spiro atoms.